The van der Waals surface area contributed by atoms with Crippen LogP contribution >= 0.6 is 0 Å². The molecule has 1 unspecified atom stereocenters. The minimum atomic E-state index is 0.0318. The number of ether oxygens (including phenoxy) is 1. The van der Waals surface area contributed by atoms with Crippen molar-refractivity contribution in [2.24, 2.45) is 0 Å². The highest BCUT2D eigenvalue weighted by Crippen LogP contribution is 2.31. The molecule has 0 aliphatic heterocycles. The van der Waals surface area contributed by atoms with Crippen LogP contribution in [0, 0.1) is 0 Å². The minimum Gasteiger partial charge on any atom is -0.467 e. The highest BCUT2D eigenvalue weighted by molar-refractivity contribution is 4.98. The molecule has 1 aromatic heterocycles. The number of hydrogen-bond acceptors (Lipinski definition) is 3. The Morgan fingerprint density at radius 1 is 1.05 bits per heavy atom. The van der Waals surface area contributed by atoms with Crippen LogP contribution in [0.5, 0.6) is 6.01 Å². The first-order valence-corrected chi connectivity index (χ1v) is 8.12. The average molecular weight is 281 g/mol. The van der Waals surface area contributed by atoms with Crippen molar-refractivity contribution >= 4 is 0 Å². The smallest absolute Gasteiger partial charge is 0.314 e. The molecule has 0 amide bonds. The van der Waals surface area contributed by atoms with E-state index in [0.29, 0.717) is 6.01 Å². The van der Waals surface area contributed by atoms with Crippen LogP contribution in [0.25, 0.3) is 0 Å². The fourth-order valence-electron chi connectivity index (χ4n) is 2.74. The summed E-state index contributed by atoms with van der Waals surface area (Å²) in [5.41, 5.74) is 0.0318. The maximum atomic E-state index is 5.35. The van der Waals surface area contributed by atoms with Gasteiger partial charge in [0.2, 0.25) is 0 Å². The molecule has 4 nitrogen and oxygen atoms in total. The molecule has 0 spiro atoms. The van der Waals surface area contributed by atoms with Crippen molar-refractivity contribution in [2.45, 2.75) is 84.1 Å². The molecule has 0 aliphatic rings. The molecule has 0 radical (unpaired) electrons. The molecule has 0 aromatic carbocycles. The molecule has 0 saturated heterocycles. The van der Waals surface area contributed by atoms with Crippen LogP contribution in [0.3, 0.4) is 0 Å². The minimum absolute atomic E-state index is 0.0318. The Labute approximate surface area is 123 Å². The molecule has 0 aliphatic carbocycles. The van der Waals surface area contributed by atoms with Crippen molar-refractivity contribution in [3.8, 4) is 6.01 Å². The van der Waals surface area contributed by atoms with Crippen molar-refractivity contribution in [1.82, 2.24) is 14.8 Å². The van der Waals surface area contributed by atoms with E-state index in [1.165, 1.54) is 44.9 Å². The van der Waals surface area contributed by atoms with Gasteiger partial charge in [-0.1, -0.05) is 58.8 Å². The van der Waals surface area contributed by atoms with Crippen LogP contribution in [-0.4, -0.2) is 21.9 Å². The second kappa shape index (κ2) is 8.98. The van der Waals surface area contributed by atoms with Gasteiger partial charge in [0.15, 0.2) is 0 Å². The van der Waals surface area contributed by atoms with Gasteiger partial charge in [-0.15, -0.1) is 0 Å². The van der Waals surface area contributed by atoms with E-state index in [-0.39, 0.29) is 5.54 Å². The summed E-state index contributed by atoms with van der Waals surface area (Å²) < 4.78 is 7.33. The highest BCUT2D eigenvalue weighted by atomic mass is 16.5. The van der Waals surface area contributed by atoms with Crippen molar-refractivity contribution < 1.29 is 4.74 Å². The van der Waals surface area contributed by atoms with Crippen LogP contribution < -0.4 is 4.74 Å². The second-order valence-electron chi connectivity index (χ2n) is 5.92. The Hall–Kier alpha value is -1.06. The molecule has 0 N–H and O–H groups in total. The lowest BCUT2D eigenvalue weighted by molar-refractivity contribution is 0.197. The van der Waals surface area contributed by atoms with Crippen LogP contribution in [-0.2, 0) is 5.54 Å². The summed E-state index contributed by atoms with van der Waals surface area (Å²) in [7, 11) is 1.67. The standard InChI is InChI=1S/C16H31N3O/c1-5-7-9-10-11-13-16(3,12-8-6-2)19-15(20-4)17-14-18-19/h14H,5-13H2,1-4H3. The zero-order valence-electron chi connectivity index (χ0n) is 13.7. The van der Waals surface area contributed by atoms with E-state index >= 15 is 0 Å². The Bertz CT molecular complexity index is 364. The SMILES string of the molecule is CCCCCCCC(C)(CCCC)n1ncnc1OC. The lowest BCUT2D eigenvalue weighted by atomic mass is 9.88. The third-order valence-electron chi connectivity index (χ3n) is 4.10. The molecular weight excluding hydrogens is 250 g/mol. The van der Waals surface area contributed by atoms with Gasteiger partial charge in [0, 0.05) is 0 Å². The fraction of sp³-hybridized carbons (Fsp3) is 0.875. The van der Waals surface area contributed by atoms with Crippen molar-refractivity contribution in [1.29, 1.82) is 0 Å². The summed E-state index contributed by atoms with van der Waals surface area (Å²) in [6.45, 7) is 6.78. The molecule has 4 heteroatoms. The van der Waals surface area contributed by atoms with Gasteiger partial charge in [0.25, 0.3) is 0 Å². The third kappa shape index (κ3) is 4.80. The van der Waals surface area contributed by atoms with E-state index in [2.05, 4.69) is 30.9 Å². The number of aromatic nitrogens is 3. The van der Waals surface area contributed by atoms with Gasteiger partial charge < -0.3 is 4.74 Å². The predicted octanol–water partition coefficient (Wildman–Crippen LogP) is 4.55. The first-order chi connectivity index (χ1) is 9.68. The van der Waals surface area contributed by atoms with Crippen LogP contribution in [0.2, 0.25) is 0 Å². The van der Waals surface area contributed by atoms with Crippen molar-refractivity contribution in [2.75, 3.05) is 7.11 Å². The summed E-state index contributed by atoms with van der Waals surface area (Å²) in [5, 5.41) is 4.41. The molecule has 20 heavy (non-hydrogen) atoms. The van der Waals surface area contributed by atoms with Gasteiger partial charge in [0.1, 0.15) is 6.33 Å². The van der Waals surface area contributed by atoms with Crippen LogP contribution in [0.1, 0.15) is 78.6 Å². The summed E-state index contributed by atoms with van der Waals surface area (Å²) in [4.78, 5) is 4.20. The Morgan fingerprint density at radius 3 is 2.35 bits per heavy atom. The second-order valence-corrected chi connectivity index (χ2v) is 5.92. The van der Waals surface area contributed by atoms with Gasteiger partial charge in [-0.05, 0) is 19.8 Å². The fourth-order valence-corrected chi connectivity index (χ4v) is 2.74. The molecule has 0 bridgehead atoms. The monoisotopic (exact) mass is 281 g/mol. The number of unbranched alkanes of at least 4 members (excludes halogenated alkanes) is 5. The van der Waals surface area contributed by atoms with Gasteiger partial charge in [0.05, 0.1) is 12.6 Å². The van der Waals surface area contributed by atoms with Gasteiger partial charge in [-0.25, -0.2) is 4.68 Å². The first-order valence-electron chi connectivity index (χ1n) is 8.12. The molecule has 1 aromatic rings. The summed E-state index contributed by atoms with van der Waals surface area (Å²) in [5.74, 6) is 0. The van der Waals surface area contributed by atoms with Crippen molar-refractivity contribution in [3.05, 3.63) is 6.33 Å². The van der Waals surface area contributed by atoms with E-state index in [9.17, 15) is 0 Å². The van der Waals surface area contributed by atoms with Gasteiger partial charge in [-0.2, -0.15) is 10.1 Å². The normalized spacial score (nSPS) is 14.2. The molecule has 116 valence electrons. The molecule has 1 rings (SSSR count). The van der Waals surface area contributed by atoms with E-state index in [1.54, 1.807) is 13.4 Å². The number of rotatable bonds is 11. The lowest BCUT2D eigenvalue weighted by Crippen LogP contribution is -2.31. The Kier molecular flexibility index (Phi) is 7.63. The lowest BCUT2D eigenvalue weighted by Gasteiger charge is -2.30. The largest absolute Gasteiger partial charge is 0.467 e. The summed E-state index contributed by atoms with van der Waals surface area (Å²) >= 11 is 0. The average Bonchev–Trinajstić information content (AvgIpc) is 2.94. The summed E-state index contributed by atoms with van der Waals surface area (Å²) in [6.07, 6.45) is 12.9. The predicted molar refractivity (Wildman–Crippen MR) is 83.1 cm³/mol. The number of hydrogen-bond donors (Lipinski definition) is 0. The zero-order valence-corrected chi connectivity index (χ0v) is 13.7. The number of methoxy groups -OCH3 is 1. The van der Waals surface area contributed by atoms with Gasteiger partial charge in [-0.3, -0.25) is 0 Å². The Morgan fingerprint density at radius 2 is 1.70 bits per heavy atom. The quantitative estimate of drug-likeness (QED) is 0.558. The molecule has 0 saturated carbocycles. The maximum Gasteiger partial charge on any atom is 0.314 e. The van der Waals surface area contributed by atoms with Crippen molar-refractivity contribution in [3.63, 3.8) is 0 Å². The number of nitrogens with zero attached hydrogens (tertiary/aromatic N) is 3. The van der Waals surface area contributed by atoms with E-state index < -0.39 is 0 Å². The van der Waals surface area contributed by atoms with E-state index in [4.69, 9.17) is 4.74 Å². The van der Waals surface area contributed by atoms with E-state index in [0.717, 1.165) is 12.8 Å². The molecule has 0 fully saturated rings. The highest BCUT2D eigenvalue weighted by Gasteiger charge is 2.29. The van der Waals surface area contributed by atoms with Gasteiger partial charge >= 0.3 is 6.01 Å². The zero-order chi connectivity index (χ0) is 14.8. The third-order valence-corrected chi connectivity index (χ3v) is 4.10. The maximum absolute atomic E-state index is 5.35. The summed E-state index contributed by atoms with van der Waals surface area (Å²) in [6, 6.07) is 0.636. The molecular formula is C16H31N3O. The van der Waals surface area contributed by atoms with Crippen LogP contribution in [0.4, 0.5) is 0 Å². The molecule has 1 heterocycles. The molecule has 1 atom stereocenters. The van der Waals surface area contributed by atoms with Crippen LogP contribution in [0.15, 0.2) is 6.33 Å². The topological polar surface area (TPSA) is 39.9 Å². The van der Waals surface area contributed by atoms with E-state index in [1.807, 2.05) is 4.68 Å². The Balaban J connectivity index is 2.65. The first kappa shape index (κ1) is 17.0.